The van der Waals surface area contributed by atoms with Gasteiger partial charge in [0.2, 0.25) is 0 Å². The Morgan fingerprint density at radius 2 is 1.74 bits per heavy atom. The fourth-order valence-electron chi connectivity index (χ4n) is 5.17. The average molecular weight is 520 g/mol. The molecule has 8 nitrogen and oxygen atoms in total. The summed E-state index contributed by atoms with van der Waals surface area (Å²) in [4.78, 5) is 20.0. The Bertz CT molecular complexity index is 1770. The zero-order valence-electron chi connectivity index (χ0n) is 21.2. The summed E-state index contributed by atoms with van der Waals surface area (Å²) in [6.45, 7) is 3.86. The molecule has 194 valence electrons. The average Bonchev–Trinajstić information content (AvgIpc) is 3.73. The van der Waals surface area contributed by atoms with Gasteiger partial charge in [-0.15, -0.1) is 0 Å². The van der Waals surface area contributed by atoms with Crippen molar-refractivity contribution in [3.05, 3.63) is 78.9 Å². The first kappa shape index (κ1) is 23.5. The summed E-state index contributed by atoms with van der Waals surface area (Å²) in [6, 6.07) is 18.2. The highest BCUT2D eigenvalue weighted by Crippen LogP contribution is 2.32. The molecule has 0 bridgehead atoms. The number of hydrogen-bond acceptors (Lipinski definition) is 6. The number of rotatable bonds is 7. The van der Waals surface area contributed by atoms with Crippen molar-refractivity contribution in [2.45, 2.75) is 12.8 Å². The molecule has 1 aliphatic heterocycles. The second-order valence-corrected chi connectivity index (χ2v) is 9.77. The van der Waals surface area contributed by atoms with Gasteiger partial charge in [-0.3, -0.25) is 15.0 Å². The number of aromatic amines is 2. The van der Waals surface area contributed by atoms with Gasteiger partial charge in [-0.05, 0) is 67.9 Å². The normalized spacial score (nSPS) is 14.0. The molecule has 1 aliphatic rings. The molecule has 2 aromatic carbocycles. The molecular formula is C30H26FN7O. The number of benzene rings is 2. The van der Waals surface area contributed by atoms with E-state index in [9.17, 15) is 4.39 Å². The lowest BCUT2D eigenvalue weighted by Gasteiger charge is -2.15. The SMILES string of the molecule is Fc1ccc(-c2cccc3[nH]c(-c4n[nH]c5ccc(-c6cncc(OCCN7CCCC7)c6)nc45)nc23)cc1. The van der Waals surface area contributed by atoms with Gasteiger partial charge in [-0.2, -0.15) is 5.10 Å². The maximum absolute atomic E-state index is 13.5. The van der Waals surface area contributed by atoms with Crippen LogP contribution in [0.3, 0.4) is 0 Å². The molecule has 1 fully saturated rings. The number of hydrogen-bond donors (Lipinski definition) is 2. The minimum Gasteiger partial charge on any atom is -0.491 e. The molecule has 39 heavy (non-hydrogen) atoms. The van der Waals surface area contributed by atoms with Crippen LogP contribution in [-0.2, 0) is 0 Å². The van der Waals surface area contributed by atoms with E-state index >= 15 is 0 Å². The van der Waals surface area contributed by atoms with Crippen LogP contribution in [0, 0.1) is 5.82 Å². The number of halogens is 1. The molecule has 0 radical (unpaired) electrons. The van der Waals surface area contributed by atoms with Crippen LogP contribution < -0.4 is 4.74 Å². The van der Waals surface area contributed by atoms with Crippen LogP contribution in [0.4, 0.5) is 4.39 Å². The predicted octanol–water partition coefficient (Wildman–Crippen LogP) is 5.84. The first-order valence-electron chi connectivity index (χ1n) is 13.1. The summed E-state index contributed by atoms with van der Waals surface area (Å²) < 4.78 is 19.5. The Hall–Kier alpha value is -4.63. The largest absolute Gasteiger partial charge is 0.491 e. The summed E-state index contributed by atoms with van der Waals surface area (Å²) in [5.41, 5.74) is 7.22. The fourth-order valence-corrected chi connectivity index (χ4v) is 5.17. The van der Waals surface area contributed by atoms with Crippen LogP contribution in [0.15, 0.2) is 73.1 Å². The number of H-pyrrole nitrogens is 2. The molecule has 0 aliphatic carbocycles. The van der Waals surface area contributed by atoms with Crippen LogP contribution in [-0.4, -0.2) is 61.3 Å². The molecule has 2 N–H and O–H groups in total. The molecule has 1 saturated heterocycles. The lowest BCUT2D eigenvalue weighted by molar-refractivity contribution is 0.237. The molecule has 0 atom stereocenters. The minimum absolute atomic E-state index is 0.270. The summed E-state index contributed by atoms with van der Waals surface area (Å²) >= 11 is 0. The quantitative estimate of drug-likeness (QED) is 0.275. The van der Waals surface area contributed by atoms with Crippen molar-refractivity contribution >= 4 is 22.1 Å². The van der Waals surface area contributed by atoms with Crippen LogP contribution in [0.1, 0.15) is 12.8 Å². The van der Waals surface area contributed by atoms with Crippen molar-refractivity contribution in [1.82, 2.24) is 35.0 Å². The van der Waals surface area contributed by atoms with Gasteiger partial charge in [0.1, 0.15) is 23.7 Å². The molecule has 0 unspecified atom stereocenters. The summed E-state index contributed by atoms with van der Waals surface area (Å²) in [7, 11) is 0. The van der Waals surface area contributed by atoms with E-state index in [1.54, 1.807) is 24.5 Å². The second-order valence-electron chi connectivity index (χ2n) is 9.77. The Morgan fingerprint density at radius 1 is 0.872 bits per heavy atom. The summed E-state index contributed by atoms with van der Waals surface area (Å²) in [5.74, 6) is 1.06. The van der Waals surface area contributed by atoms with Crippen LogP contribution >= 0.6 is 0 Å². The van der Waals surface area contributed by atoms with Crippen molar-refractivity contribution in [3.63, 3.8) is 0 Å². The number of nitrogens with one attached hydrogen (secondary N) is 2. The fraction of sp³-hybridized carbons (Fsp3) is 0.200. The molecule has 5 heterocycles. The third-order valence-corrected chi connectivity index (χ3v) is 7.18. The number of pyridine rings is 2. The van der Waals surface area contributed by atoms with E-state index in [1.807, 2.05) is 36.4 Å². The first-order valence-corrected chi connectivity index (χ1v) is 13.1. The lowest BCUT2D eigenvalue weighted by atomic mass is 10.0. The number of para-hydroxylation sites is 1. The van der Waals surface area contributed by atoms with Crippen molar-refractivity contribution in [2.24, 2.45) is 0 Å². The smallest absolute Gasteiger partial charge is 0.161 e. The van der Waals surface area contributed by atoms with Gasteiger partial charge in [0, 0.05) is 23.9 Å². The van der Waals surface area contributed by atoms with E-state index in [1.165, 1.54) is 25.0 Å². The van der Waals surface area contributed by atoms with Crippen molar-refractivity contribution in [3.8, 4) is 39.7 Å². The van der Waals surface area contributed by atoms with E-state index in [2.05, 4.69) is 25.1 Å². The van der Waals surface area contributed by atoms with Gasteiger partial charge in [-0.25, -0.2) is 14.4 Å². The van der Waals surface area contributed by atoms with Gasteiger partial charge in [0.05, 0.1) is 28.4 Å². The van der Waals surface area contributed by atoms with E-state index in [4.69, 9.17) is 14.7 Å². The van der Waals surface area contributed by atoms with Crippen molar-refractivity contribution in [2.75, 3.05) is 26.2 Å². The number of likely N-dealkylation sites (tertiary alicyclic amines) is 1. The number of nitrogens with zero attached hydrogens (tertiary/aromatic N) is 5. The molecule has 0 saturated carbocycles. The van der Waals surface area contributed by atoms with E-state index in [0.717, 1.165) is 64.3 Å². The Morgan fingerprint density at radius 3 is 2.62 bits per heavy atom. The van der Waals surface area contributed by atoms with E-state index in [0.29, 0.717) is 23.6 Å². The van der Waals surface area contributed by atoms with Crippen molar-refractivity contribution < 1.29 is 9.13 Å². The monoisotopic (exact) mass is 519 g/mol. The number of ether oxygens (including phenoxy) is 1. The van der Waals surface area contributed by atoms with Gasteiger partial charge in [-0.1, -0.05) is 24.3 Å². The molecule has 0 amide bonds. The zero-order chi connectivity index (χ0) is 26.2. The third-order valence-electron chi connectivity index (χ3n) is 7.18. The zero-order valence-corrected chi connectivity index (χ0v) is 21.2. The number of fused-ring (bicyclic) bond motifs is 2. The standard InChI is InChI=1S/C30H26FN7O/c31-21-8-6-19(7-9-21)23-4-3-5-25-27(23)35-30(34-25)29-28-26(36-37-29)11-10-24(33-28)20-16-22(18-32-17-20)39-15-14-38-12-1-2-13-38/h3-11,16-18H,1-2,12-15H2,(H,34,35)(H,36,37). The van der Waals surface area contributed by atoms with Gasteiger partial charge in [0.15, 0.2) is 11.5 Å². The van der Waals surface area contributed by atoms with Gasteiger partial charge in [0.25, 0.3) is 0 Å². The third kappa shape index (κ3) is 4.61. The predicted molar refractivity (Wildman–Crippen MR) is 149 cm³/mol. The second kappa shape index (κ2) is 9.92. The first-order chi connectivity index (χ1) is 19.2. The maximum atomic E-state index is 13.5. The van der Waals surface area contributed by atoms with E-state index in [-0.39, 0.29) is 5.82 Å². The maximum Gasteiger partial charge on any atom is 0.161 e. The molecule has 4 aromatic heterocycles. The van der Waals surface area contributed by atoms with Crippen molar-refractivity contribution in [1.29, 1.82) is 0 Å². The molecule has 6 aromatic rings. The van der Waals surface area contributed by atoms with Gasteiger partial charge >= 0.3 is 0 Å². The highest BCUT2D eigenvalue weighted by Gasteiger charge is 2.17. The summed E-state index contributed by atoms with van der Waals surface area (Å²) in [5, 5.41) is 7.60. The molecule has 0 spiro atoms. The summed E-state index contributed by atoms with van der Waals surface area (Å²) in [6.07, 6.45) is 6.06. The molecular weight excluding hydrogens is 493 g/mol. The van der Waals surface area contributed by atoms with Gasteiger partial charge < -0.3 is 9.72 Å². The topological polar surface area (TPSA) is 95.6 Å². The highest BCUT2D eigenvalue weighted by atomic mass is 19.1. The minimum atomic E-state index is -0.270. The van der Waals surface area contributed by atoms with E-state index < -0.39 is 0 Å². The van der Waals surface area contributed by atoms with Crippen LogP contribution in [0.2, 0.25) is 0 Å². The van der Waals surface area contributed by atoms with Crippen LogP contribution in [0.5, 0.6) is 5.75 Å². The Labute approximate surface area is 223 Å². The number of imidazole rings is 1. The van der Waals surface area contributed by atoms with Crippen LogP contribution in [0.25, 0.3) is 56.0 Å². The lowest BCUT2D eigenvalue weighted by Crippen LogP contribution is -2.25. The molecule has 9 heteroatoms. The number of aromatic nitrogens is 6. The highest BCUT2D eigenvalue weighted by molar-refractivity contribution is 5.96. The Balaban J connectivity index is 1.20. The Kier molecular flexibility index (Phi) is 5.97. The molecule has 7 rings (SSSR count).